The minimum absolute atomic E-state index is 0.140. The number of aryl methyl sites for hydroxylation is 1. The molecule has 3 nitrogen and oxygen atoms in total. The first kappa shape index (κ1) is 15.2. The monoisotopic (exact) mass is 281 g/mol. The van der Waals surface area contributed by atoms with Gasteiger partial charge in [0, 0.05) is 12.0 Å². The Kier molecular flexibility index (Phi) is 4.09. The van der Waals surface area contributed by atoms with Crippen molar-refractivity contribution in [2.45, 2.75) is 46.1 Å². The maximum atomic E-state index is 6.23. The molecule has 0 saturated carbocycles. The number of imidazole rings is 1. The summed E-state index contributed by atoms with van der Waals surface area (Å²) in [4.78, 5) is 4.65. The second-order valence-corrected chi connectivity index (χ2v) is 6.23. The Labute approximate surface area is 127 Å². The number of aromatic nitrogens is 2. The third-order valence-electron chi connectivity index (χ3n) is 3.68. The zero-order valence-corrected chi connectivity index (χ0v) is 13.3. The third kappa shape index (κ3) is 2.95. The lowest BCUT2D eigenvalue weighted by Crippen LogP contribution is -2.10. The van der Waals surface area contributed by atoms with E-state index in [2.05, 4.69) is 62.9 Å². The van der Waals surface area contributed by atoms with Crippen LogP contribution in [0.5, 0.6) is 0 Å². The fourth-order valence-corrected chi connectivity index (χ4v) is 2.39. The molecule has 0 aliphatic heterocycles. The van der Waals surface area contributed by atoms with Crippen LogP contribution in [0.3, 0.4) is 0 Å². The molecule has 0 aliphatic carbocycles. The summed E-state index contributed by atoms with van der Waals surface area (Å²) in [5, 5.41) is 0. The molecule has 0 atom stereocenters. The average molecular weight is 281 g/mol. The lowest BCUT2D eigenvalue weighted by atomic mass is 9.86. The number of benzene rings is 1. The van der Waals surface area contributed by atoms with Crippen LogP contribution in [-0.2, 0) is 18.4 Å². The minimum Gasteiger partial charge on any atom is -0.383 e. The van der Waals surface area contributed by atoms with Gasteiger partial charge in [0.1, 0.15) is 17.3 Å². The van der Waals surface area contributed by atoms with Gasteiger partial charge in [-0.1, -0.05) is 57.9 Å². The Morgan fingerprint density at radius 2 is 1.86 bits per heavy atom. The van der Waals surface area contributed by atoms with Crippen molar-refractivity contribution in [3.05, 3.63) is 35.7 Å². The zero-order chi connectivity index (χ0) is 15.6. The van der Waals surface area contributed by atoms with Crippen LogP contribution < -0.4 is 5.73 Å². The van der Waals surface area contributed by atoms with Crippen molar-refractivity contribution >= 4 is 5.82 Å². The van der Waals surface area contributed by atoms with Crippen LogP contribution in [0.15, 0.2) is 24.3 Å². The van der Waals surface area contributed by atoms with Gasteiger partial charge in [0.05, 0.1) is 6.54 Å². The van der Waals surface area contributed by atoms with Crippen molar-refractivity contribution in [1.82, 2.24) is 9.55 Å². The van der Waals surface area contributed by atoms with Gasteiger partial charge in [-0.25, -0.2) is 4.98 Å². The van der Waals surface area contributed by atoms with Crippen molar-refractivity contribution in [2.75, 3.05) is 5.73 Å². The number of nitrogens with zero attached hydrogens (tertiary/aromatic N) is 2. The number of hydrogen-bond acceptors (Lipinski definition) is 2. The minimum atomic E-state index is 0.140. The molecular weight excluding hydrogens is 258 g/mol. The number of terminal acetylenes is 1. The molecule has 2 aromatic rings. The van der Waals surface area contributed by atoms with E-state index in [0.717, 1.165) is 23.5 Å². The van der Waals surface area contributed by atoms with E-state index in [0.29, 0.717) is 12.4 Å². The van der Waals surface area contributed by atoms with Crippen LogP contribution >= 0.6 is 0 Å². The first-order valence-corrected chi connectivity index (χ1v) is 7.27. The molecule has 110 valence electrons. The fourth-order valence-electron chi connectivity index (χ4n) is 2.39. The molecule has 0 aliphatic rings. The number of nitrogen functional groups attached to an aromatic ring is 1. The fraction of sp³-hybridized carbons (Fsp3) is 0.389. The van der Waals surface area contributed by atoms with E-state index in [4.69, 9.17) is 12.2 Å². The molecule has 0 spiro atoms. The summed E-state index contributed by atoms with van der Waals surface area (Å²) in [7, 11) is 0. The SMILES string of the molecule is C#CCn1c(CC)nc(-c2ccc(C(C)(C)C)cc2)c1N. The highest BCUT2D eigenvalue weighted by Crippen LogP contribution is 2.29. The molecular formula is C18H23N3. The molecule has 0 unspecified atom stereocenters. The Balaban J connectivity index is 2.45. The van der Waals surface area contributed by atoms with Crippen LogP contribution in [0.4, 0.5) is 5.82 Å². The van der Waals surface area contributed by atoms with Crippen LogP contribution in [0, 0.1) is 12.3 Å². The third-order valence-corrected chi connectivity index (χ3v) is 3.68. The van der Waals surface area contributed by atoms with E-state index in [1.165, 1.54) is 5.56 Å². The molecule has 1 aromatic carbocycles. The Morgan fingerprint density at radius 3 is 2.33 bits per heavy atom. The maximum absolute atomic E-state index is 6.23. The van der Waals surface area contributed by atoms with Crippen LogP contribution in [0.2, 0.25) is 0 Å². The predicted octanol–water partition coefficient (Wildman–Crippen LogP) is 3.63. The van der Waals surface area contributed by atoms with E-state index in [1.54, 1.807) is 0 Å². The van der Waals surface area contributed by atoms with Crippen molar-refractivity contribution in [3.8, 4) is 23.6 Å². The zero-order valence-electron chi connectivity index (χ0n) is 13.3. The summed E-state index contributed by atoms with van der Waals surface area (Å²) in [5.74, 6) is 4.21. The Hall–Kier alpha value is -2.21. The summed E-state index contributed by atoms with van der Waals surface area (Å²) in [6.07, 6.45) is 6.23. The summed E-state index contributed by atoms with van der Waals surface area (Å²) < 4.78 is 1.91. The molecule has 1 aromatic heterocycles. The highest BCUT2D eigenvalue weighted by atomic mass is 15.1. The molecule has 0 radical (unpaired) electrons. The number of nitrogens with two attached hydrogens (primary N) is 1. The van der Waals surface area contributed by atoms with Gasteiger partial charge in [0.25, 0.3) is 0 Å². The number of rotatable bonds is 3. The molecule has 0 fully saturated rings. The number of anilines is 1. The van der Waals surface area contributed by atoms with Crippen molar-refractivity contribution in [1.29, 1.82) is 0 Å². The Bertz CT molecular complexity index is 664. The standard InChI is InChI=1S/C18H23N3/c1-6-12-21-15(7-2)20-16(17(21)19)13-8-10-14(11-9-13)18(3,4)5/h1,8-11H,7,12,19H2,2-5H3. The normalized spacial score (nSPS) is 11.4. The van der Waals surface area contributed by atoms with Gasteiger partial charge >= 0.3 is 0 Å². The lowest BCUT2D eigenvalue weighted by Gasteiger charge is -2.19. The van der Waals surface area contributed by atoms with Crippen molar-refractivity contribution < 1.29 is 0 Å². The van der Waals surface area contributed by atoms with Gasteiger partial charge in [0.2, 0.25) is 0 Å². The quantitative estimate of drug-likeness (QED) is 0.873. The predicted molar refractivity (Wildman–Crippen MR) is 89.0 cm³/mol. The van der Waals surface area contributed by atoms with Gasteiger partial charge in [-0.2, -0.15) is 0 Å². The molecule has 2 N–H and O–H groups in total. The van der Waals surface area contributed by atoms with E-state index in [-0.39, 0.29) is 5.41 Å². The smallest absolute Gasteiger partial charge is 0.132 e. The molecule has 21 heavy (non-hydrogen) atoms. The van der Waals surface area contributed by atoms with Crippen LogP contribution in [-0.4, -0.2) is 9.55 Å². The van der Waals surface area contributed by atoms with E-state index < -0.39 is 0 Å². The summed E-state index contributed by atoms with van der Waals surface area (Å²) in [6.45, 7) is 9.12. The van der Waals surface area contributed by atoms with Gasteiger partial charge in [-0.15, -0.1) is 6.42 Å². The van der Waals surface area contributed by atoms with E-state index in [9.17, 15) is 0 Å². The molecule has 0 bridgehead atoms. The summed E-state index contributed by atoms with van der Waals surface area (Å²) in [5.41, 5.74) is 9.52. The van der Waals surface area contributed by atoms with Gasteiger partial charge in [-0.3, -0.25) is 0 Å². The highest BCUT2D eigenvalue weighted by Gasteiger charge is 2.17. The molecule has 0 saturated heterocycles. The summed E-state index contributed by atoms with van der Waals surface area (Å²) >= 11 is 0. The van der Waals surface area contributed by atoms with Crippen molar-refractivity contribution in [3.63, 3.8) is 0 Å². The number of hydrogen-bond donors (Lipinski definition) is 1. The van der Waals surface area contributed by atoms with Crippen LogP contribution in [0.1, 0.15) is 39.1 Å². The van der Waals surface area contributed by atoms with Gasteiger partial charge in [-0.05, 0) is 11.0 Å². The molecule has 0 amide bonds. The molecule has 1 heterocycles. The highest BCUT2D eigenvalue weighted by molar-refractivity contribution is 5.71. The summed E-state index contributed by atoms with van der Waals surface area (Å²) in [6, 6.07) is 8.44. The van der Waals surface area contributed by atoms with Gasteiger partial charge < -0.3 is 10.3 Å². The average Bonchev–Trinajstić information content (AvgIpc) is 2.76. The lowest BCUT2D eigenvalue weighted by molar-refractivity contribution is 0.590. The molecule has 3 heteroatoms. The second kappa shape index (κ2) is 5.65. The Morgan fingerprint density at radius 1 is 1.24 bits per heavy atom. The van der Waals surface area contributed by atoms with E-state index >= 15 is 0 Å². The van der Waals surface area contributed by atoms with E-state index in [1.807, 2.05) is 4.57 Å². The second-order valence-electron chi connectivity index (χ2n) is 6.23. The first-order chi connectivity index (χ1) is 9.88. The van der Waals surface area contributed by atoms with Crippen molar-refractivity contribution in [2.24, 2.45) is 0 Å². The van der Waals surface area contributed by atoms with Crippen LogP contribution in [0.25, 0.3) is 11.3 Å². The van der Waals surface area contributed by atoms with Gasteiger partial charge in [0.15, 0.2) is 0 Å². The molecule has 2 rings (SSSR count). The first-order valence-electron chi connectivity index (χ1n) is 7.27. The maximum Gasteiger partial charge on any atom is 0.132 e. The largest absolute Gasteiger partial charge is 0.383 e. The topological polar surface area (TPSA) is 43.8 Å².